The Labute approximate surface area is 130 Å². The topological polar surface area (TPSA) is 27.3 Å². The molecule has 1 aromatic heterocycles. The third-order valence-corrected chi connectivity index (χ3v) is 3.78. The summed E-state index contributed by atoms with van der Waals surface area (Å²) in [5.74, 6) is 0. The summed E-state index contributed by atoms with van der Waals surface area (Å²) in [5.41, 5.74) is 0. The highest BCUT2D eigenvalue weighted by Gasteiger charge is 2.03. The van der Waals surface area contributed by atoms with E-state index in [4.69, 9.17) is 9.47 Å². The van der Waals surface area contributed by atoms with Gasteiger partial charge in [-0.15, -0.1) is 0 Å². The smallest absolute Gasteiger partial charge is 0.243 e. The maximum absolute atomic E-state index is 5.06. The van der Waals surface area contributed by atoms with Gasteiger partial charge in [0, 0.05) is 27.4 Å². The second-order valence-electron chi connectivity index (χ2n) is 5.70. The minimum atomic E-state index is 0.897. The standard InChI is InChI=1S/C17H33N2O2/c1-20-15-9-5-3-7-11-18-13-14-19(17-18)12-8-4-6-10-16-21-2/h13-14,17H,3-12,15-16H2,1-2H3/q+1. The lowest BCUT2D eigenvalue weighted by molar-refractivity contribution is -0.696. The predicted molar refractivity (Wildman–Crippen MR) is 85.3 cm³/mol. The van der Waals surface area contributed by atoms with Crippen LogP contribution in [0.4, 0.5) is 0 Å². The highest BCUT2D eigenvalue weighted by molar-refractivity contribution is 4.66. The van der Waals surface area contributed by atoms with Gasteiger partial charge in [-0.3, -0.25) is 0 Å². The molecule has 0 saturated heterocycles. The number of hydrogen-bond acceptors (Lipinski definition) is 2. The molecule has 0 N–H and O–H groups in total. The number of methoxy groups -OCH3 is 2. The molecule has 0 aliphatic heterocycles. The summed E-state index contributed by atoms with van der Waals surface area (Å²) in [6.45, 7) is 4.06. The molecular weight excluding hydrogens is 264 g/mol. The average Bonchev–Trinajstić information content (AvgIpc) is 2.94. The van der Waals surface area contributed by atoms with Crippen molar-refractivity contribution in [2.45, 2.75) is 64.5 Å². The second kappa shape index (κ2) is 12.8. The molecule has 1 heterocycles. The summed E-state index contributed by atoms with van der Waals surface area (Å²) >= 11 is 0. The van der Waals surface area contributed by atoms with Gasteiger partial charge >= 0.3 is 0 Å². The van der Waals surface area contributed by atoms with Crippen molar-refractivity contribution < 1.29 is 14.0 Å². The third kappa shape index (κ3) is 9.64. The molecule has 0 aliphatic rings. The Morgan fingerprint density at radius 1 is 0.810 bits per heavy atom. The largest absolute Gasteiger partial charge is 0.385 e. The van der Waals surface area contributed by atoms with E-state index >= 15 is 0 Å². The van der Waals surface area contributed by atoms with Crippen LogP contribution in [0.3, 0.4) is 0 Å². The van der Waals surface area contributed by atoms with Crippen molar-refractivity contribution in [3.05, 3.63) is 18.7 Å². The van der Waals surface area contributed by atoms with Gasteiger partial charge in [0.2, 0.25) is 6.33 Å². The van der Waals surface area contributed by atoms with E-state index in [0.717, 1.165) is 26.3 Å². The molecule has 4 heteroatoms. The first-order valence-corrected chi connectivity index (χ1v) is 8.39. The summed E-state index contributed by atoms with van der Waals surface area (Å²) < 4.78 is 14.7. The monoisotopic (exact) mass is 297 g/mol. The van der Waals surface area contributed by atoms with E-state index in [0.29, 0.717) is 0 Å². The van der Waals surface area contributed by atoms with Crippen molar-refractivity contribution in [3.8, 4) is 0 Å². The van der Waals surface area contributed by atoms with Gasteiger partial charge in [-0.2, -0.15) is 0 Å². The van der Waals surface area contributed by atoms with Crippen molar-refractivity contribution in [1.29, 1.82) is 0 Å². The van der Waals surface area contributed by atoms with E-state index in [1.54, 1.807) is 14.2 Å². The van der Waals surface area contributed by atoms with Crippen LogP contribution in [0.5, 0.6) is 0 Å². The van der Waals surface area contributed by atoms with Gasteiger partial charge in [0.25, 0.3) is 0 Å². The maximum Gasteiger partial charge on any atom is 0.243 e. The molecule has 0 amide bonds. The van der Waals surface area contributed by atoms with Gasteiger partial charge in [-0.25, -0.2) is 9.13 Å². The van der Waals surface area contributed by atoms with Crippen molar-refractivity contribution in [2.75, 3.05) is 27.4 Å². The molecule has 0 spiro atoms. The van der Waals surface area contributed by atoms with E-state index in [2.05, 4.69) is 27.9 Å². The fourth-order valence-electron chi connectivity index (χ4n) is 2.49. The Bertz CT molecular complexity index is 309. The number of rotatable bonds is 14. The van der Waals surface area contributed by atoms with E-state index < -0.39 is 0 Å². The van der Waals surface area contributed by atoms with Crippen LogP contribution in [-0.2, 0) is 22.6 Å². The zero-order valence-corrected chi connectivity index (χ0v) is 13.9. The zero-order chi connectivity index (χ0) is 15.2. The summed E-state index contributed by atoms with van der Waals surface area (Å²) in [5, 5.41) is 0. The van der Waals surface area contributed by atoms with Gasteiger partial charge in [0.15, 0.2) is 0 Å². The van der Waals surface area contributed by atoms with Crippen LogP contribution in [0.15, 0.2) is 18.7 Å². The number of imidazole rings is 1. The lowest BCUT2D eigenvalue weighted by Crippen LogP contribution is -2.30. The summed E-state index contributed by atoms with van der Waals surface area (Å²) in [7, 11) is 3.55. The minimum Gasteiger partial charge on any atom is -0.385 e. The van der Waals surface area contributed by atoms with E-state index in [9.17, 15) is 0 Å². The van der Waals surface area contributed by atoms with Crippen LogP contribution in [-0.4, -0.2) is 32.0 Å². The number of hydrogen-bond donors (Lipinski definition) is 0. The maximum atomic E-state index is 5.06. The Kier molecular flexibility index (Phi) is 11.1. The first-order valence-electron chi connectivity index (χ1n) is 8.39. The van der Waals surface area contributed by atoms with Gasteiger partial charge in [0.05, 0.1) is 13.1 Å². The molecular formula is C17H33N2O2+. The SMILES string of the molecule is COCCCCCCn1cc[n+](CCCCCCOC)c1. The van der Waals surface area contributed by atoms with Crippen LogP contribution in [0.1, 0.15) is 51.4 Å². The lowest BCUT2D eigenvalue weighted by Gasteiger charge is -2.00. The lowest BCUT2D eigenvalue weighted by atomic mass is 10.2. The Morgan fingerprint density at radius 3 is 2.10 bits per heavy atom. The summed E-state index contributed by atoms with van der Waals surface area (Å²) in [4.78, 5) is 0. The van der Waals surface area contributed by atoms with Crippen LogP contribution in [0.2, 0.25) is 0 Å². The molecule has 0 aliphatic carbocycles. The zero-order valence-electron chi connectivity index (χ0n) is 13.9. The van der Waals surface area contributed by atoms with E-state index in [-0.39, 0.29) is 0 Å². The molecule has 0 radical (unpaired) electrons. The summed E-state index contributed by atoms with van der Waals surface area (Å²) in [6.07, 6.45) is 16.7. The van der Waals surface area contributed by atoms with E-state index in [1.165, 1.54) is 51.4 Å². The van der Waals surface area contributed by atoms with Crippen molar-refractivity contribution in [1.82, 2.24) is 4.57 Å². The molecule has 0 unspecified atom stereocenters. The molecule has 0 fully saturated rings. The predicted octanol–water partition coefficient (Wildman–Crippen LogP) is 3.19. The molecule has 1 rings (SSSR count). The number of nitrogens with zero attached hydrogens (tertiary/aromatic N) is 2. The van der Waals surface area contributed by atoms with Gasteiger partial charge in [-0.1, -0.05) is 12.8 Å². The first kappa shape index (κ1) is 18.2. The molecule has 1 aromatic rings. The van der Waals surface area contributed by atoms with E-state index in [1.807, 2.05) is 0 Å². The fraction of sp³-hybridized carbons (Fsp3) is 0.824. The number of aromatic nitrogens is 2. The first-order chi connectivity index (χ1) is 10.4. The van der Waals surface area contributed by atoms with Crippen molar-refractivity contribution >= 4 is 0 Å². The highest BCUT2D eigenvalue weighted by Crippen LogP contribution is 2.03. The molecule has 0 aromatic carbocycles. The molecule has 0 atom stereocenters. The van der Waals surface area contributed by atoms with Gasteiger partial charge < -0.3 is 9.47 Å². The van der Waals surface area contributed by atoms with Crippen LogP contribution in [0, 0.1) is 0 Å². The number of aryl methyl sites for hydroxylation is 2. The number of ether oxygens (including phenoxy) is 2. The normalized spacial score (nSPS) is 11.1. The Morgan fingerprint density at radius 2 is 1.43 bits per heavy atom. The Hall–Kier alpha value is -0.870. The molecule has 4 nitrogen and oxygen atoms in total. The Balaban J connectivity index is 2.01. The third-order valence-electron chi connectivity index (χ3n) is 3.78. The van der Waals surface area contributed by atoms with Gasteiger partial charge in [-0.05, 0) is 38.5 Å². The second-order valence-corrected chi connectivity index (χ2v) is 5.70. The molecule has 21 heavy (non-hydrogen) atoms. The molecule has 0 bridgehead atoms. The molecule has 122 valence electrons. The minimum absolute atomic E-state index is 0.897. The van der Waals surface area contributed by atoms with Crippen molar-refractivity contribution in [3.63, 3.8) is 0 Å². The van der Waals surface area contributed by atoms with Crippen LogP contribution < -0.4 is 4.57 Å². The van der Waals surface area contributed by atoms with Crippen molar-refractivity contribution in [2.24, 2.45) is 0 Å². The fourth-order valence-corrected chi connectivity index (χ4v) is 2.49. The van der Waals surface area contributed by atoms with Crippen LogP contribution in [0.25, 0.3) is 0 Å². The quantitative estimate of drug-likeness (QED) is 0.389. The molecule has 0 saturated carbocycles. The summed E-state index contributed by atoms with van der Waals surface area (Å²) in [6, 6.07) is 0. The highest BCUT2D eigenvalue weighted by atomic mass is 16.5. The average molecular weight is 297 g/mol. The van der Waals surface area contributed by atoms with Crippen LogP contribution >= 0.6 is 0 Å². The number of unbranched alkanes of at least 4 members (excludes halogenated alkanes) is 6. The van der Waals surface area contributed by atoms with Gasteiger partial charge in [0.1, 0.15) is 12.4 Å².